The topological polar surface area (TPSA) is 182 Å². The van der Waals surface area contributed by atoms with Crippen LogP contribution in [-0.2, 0) is 9.59 Å². The van der Waals surface area contributed by atoms with Crippen molar-refractivity contribution in [3.8, 4) is 23.1 Å². The van der Waals surface area contributed by atoms with E-state index in [1.54, 1.807) is 30.3 Å². The Morgan fingerprint density at radius 1 is 0.767 bits per heavy atom. The van der Waals surface area contributed by atoms with Gasteiger partial charge in [0.1, 0.15) is 22.6 Å². The van der Waals surface area contributed by atoms with Crippen molar-refractivity contribution in [2.24, 2.45) is 0 Å². The number of nitrogens with one attached hydrogen (secondary N) is 2. The van der Waals surface area contributed by atoms with Gasteiger partial charge in [0.15, 0.2) is 0 Å². The standard InChI is InChI=1S/C31H22N4O8/c36-22-10-4-8-20(16-22)34-28(40)24(26(38)32-30(34)42)14-12-19(18-6-2-1-3-7-18)13-15-25-27(39)33-31(43)35(29(25)41)21-9-5-11-23(37)17-21/h1-17,36-38H,(H,32,42)(H,33,39,43). The second kappa shape index (κ2) is 11.6. The fraction of sp³-hybridized carbons (Fsp3) is 0. The highest BCUT2D eigenvalue weighted by Gasteiger charge is 2.36. The van der Waals surface area contributed by atoms with E-state index in [1.807, 2.05) is 0 Å². The molecule has 0 radical (unpaired) electrons. The minimum atomic E-state index is -0.985. The van der Waals surface area contributed by atoms with Crippen molar-refractivity contribution >= 4 is 35.2 Å². The zero-order valence-electron chi connectivity index (χ0n) is 22.1. The molecule has 5 N–H and O–H groups in total. The van der Waals surface area contributed by atoms with Gasteiger partial charge in [0.25, 0.3) is 17.4 Å². The number of phenols is 2. The summed E-state index contributed by atoms with van der Waals surface area (Å²) in [6, 6.07) is 18.5. The number of aromatic amines is 1. The molecule has 0 atom stereocenters. The largest absolute Gasteiger partial charge is 0.508 e. The molecule has 12 heteroatoms. The summed E-state index contributed by atoms with van der Waals surface area (Å²) in [5, 5.41) is 32.1. The third-order valence-electron chi connectivity index (χ3n) is 6.36. The van der Waals surface area contributed by atoms with E-state index in [9.17, 15) is 39.3 Å². The monoisotopic (exact) mass is 578 g/mol. The zero-order chi connectivity index (χ0) is 30.7. The Hall–Kier alpha value is -6.43. The summed E-state index contributed by atoms with van der Waals surface area (Å²) in [5.41, 5.74) is -1.40. The Kier molecular flexibility index (Phi) is 7.57. The number of anilines is 1. The van der Waals surface area contributed by atoms with E-state index in [1.165, 1.54) is 72.8 Å². The smallest absolute Gasteiger partial charge is 0.335 e. The summed E-state index contributed by atoms with van der Waals surface area (Å²) >= 11 is 0. The molecule has 1 fully saturated rings. The number of hydrogen-bond donors (Lipinski definition) is 5. The molecule has 2 heterocycles. The first-order valence-corrected chi connectivity index (χ1v) is 12.7. The highest BCUT2D eigenvalue weighted by Crippen LogP contribution is 2.25. The van der Waals surface area contributed by atoms with Gasteiger partial charge in [-0.3, -0.25) is 24.7 Å². The van der Waals surface area contributed by atoms with Gasteiger partial charge in [-0.25, -0.2) is 19.1 Å². The summed E-state index contributed by atoms with van der Waals surface area (Å²) in [5.74, 6) is -2.94. The van der Waals surface area contributed by atoms with Crippen molar-refractivity contribution in [2.75, 3.05) is 4.90 Å². The van der Waals surface area contributed by atoms with Crippen LogP contribution in [-0.4, -0.2) is 42.7 Å². The van der Waals surface area contributed by atoms with E-state index in [4.69, 9.17) is 0 Å². The number of hydrogen-bond acceptors (Lipinski definition) is 8. The third-order valence-corrected chi connectivity index (χ3v) is 6.36. The molecule has 214 valence electrons. The number of rotatable bonds is 6. The fourth-order valence-corrected chi connectivity index (χ4v) is 4.32. The molecule has 0 spiro atoms. The molecule has 0 saturated carbocycles. The van der Waals surface area contributed by atoms with E-state index in [0.29, 0.717) is 16.0 Å². The Labute approximate surface area is 242 Å². The maximum atomic E-state index is 13.3. The number of benzene rings is 3. The molecular formula is C31H22N4O8. The number of amides is 4. The zero-order valence-corrected chi connectivity index (χ0v) is 22.1. The van der Waals surface area contributed by atoms with Crippen LogP contribution in [0.4, 0.5) is 10.5 Å². The average Bonchev–Trinajstić information content (AvgIpc) is 2.96. The SMILES string of the molecule is O=C1NC(=O)N(c2cccc(O)c2)C(=O)C1=CC=C(C=Cc1c(O)[nH]c(=O)n(-c2cccc(O)c2)c1=O)c1ccccc1. The molecule has 4 amide bonds. The molecule has 3 aromatic carbocycles. The number of carbonyl (C=O) groups is 3. The molecule has 1 aliphatic rings. The maximum absolute atomic E-state index is 13.3. The third kappa shape index (κ3) is 5.74. The van der Waals surface area contributed by atoms with E-state index >= 15 is 0 Å². The van der Waals surface area contributed by atoms with Crippen molar-refractivity contribution in [2.45, 2.75) is 0 Å². The number of imide groups is 2. The number of aromatic nitrogens is 2. The molecular weight excluding hydrogens is 556 g/mol. The Morgan fingerprint density at radius 3 is 2.09 bits per heavy atom. The maximum Gasteiger partial charge on any atom is 0.335 e. The second-order valence-corrected chi connectivity index (χ2v) is 9.17. The number of aromatic hydroxyl groups is 3. The highest BCUT2D eigenvalue weighted by molar-refractivity contribution is 6.37. The van der Waals surface area contributed by atoms with Crippen LogP contribution in [0.1, 0.15) is 11.1 Å². The number of carbonyl (C=O) groups excluding carboxylic acids is 3. The molecule has 0 bridgehead atoms. The lowest BCUT2D eigenvalue weighted by atomic mass is 10.0. The first kappa shape index (κ1) is 28.1. The average molecular weight is 579 g/mol. The molecule has 43 heavy (non-hydrogen) atoms. The van der Waals surface area contributed by atoms with Gasteiger partial charge in [-0.05, 0) is 47.6 Å². The van der Waals surface area contributed by atoms with Crippen LogP contribution in [0.5, 0.6) is 17.4 Å². The number of phenolic OH excluding ortho intramolecular Hbond substituents is 2. The van der Waals surface area contributed by atoms with Crippen LogP contribution in [0, 0.1) is 0 Å². The fourth-order valence-electron chi connectivity index (χ4n) is 4.32. The minimum Gasteiger partial charge on any atom is -0.508 e. The van der Waals surface area contributed by atoms with Gasteiger partial charge < -0.3 is 15.3 Å². The Morgan fingerprint density at radius 2 is 1.42 bits per heavy atom. The van der Waals surface area contributed by atoms with E-state index < -0.39 is 35.0 Å². The van der Waals surface area contributed by atoms with Gasteiger partial charge in [0.2, 0.25) is 5.88 Å². The minimum absolute atomic E-state index is 0.0459. The van der Waals surface area contributed by atoms with Crippen molar-refractivity contribution < 1.29 is 29.7 Å². The molecule has 12 nitrogen and oxygen atoms in total. The normalized spacial score (nSPS) is 14.9. The van der Waals surface area contributed by atoms with Gasteiger partial charge in [-0.1, -0.05) is 54.6 Å². The first-order valence-electron chi connectivity index (χ1n) is 12.7. The molecule has 1 aliphatic heterocycles. The van der Waals surface area contributed by atoms with Crippen molar-refractivity contribution in [1.82, 2.24) is 14.9 Å². The summed E-state index contributed by atoms with van der Waals surface area (Å²) in [6.45, 7) is 0. The lowest BCUT2D eigenvalue weighted by Gasteiger charge is -2.26. The summed E-state index contributed by atoms with van der Waals surface area (Å²) in [7, 11) is 0. The molecule has 1 saturated heterocycles. The van der Waals surface area contributed by atoms with Crippen LogP contribution in [0.3, 0.4) is 0 Å². The van der Waals surface area contributed by atoms with Crippen LogP contribution in [0.25, 0.3) is 17.3 Å². The number of H-pyrrole nitrogens is 1. The lowest BCUT2D eigenvalue weighted by molar-refractivity contribution is -0.122. The number of barbiturate groups is 1. The van der Waals surface area contributed by atoms with Crippen LogP contribution in [0.15, 0.2) is 112 Å². The first-order chi connectivity index (χ1) is 20.6. The van der Waals surface area contributed by atoms with E-state index in [0.717, 1.165) is 4.57 Å². The van der Waals surface area contributed by atoms with Crippen LogP contribution >= 0.6 is 0 Å². The molecule has 0 aliphatic carbocycles. The lowest BCUT2D eigenvalue weighted by Crippen LogP contribution is -2.54. The second-order valence-electron chi connectivity index (χ2n) is 9.17. The van der Waals surface area contributed by atoms with E-state index in [-0.39, 0.29) is 34.0 Å². The molecule has 5 rings (SSSR count). The quantitative estimate of drug-likeness (QED) is 0.131. The van der Waals surface area contributed by atoms with Gasteiger partial charge in [-0.15, -0.1) is 0 Å². The number of urea groups is 1. The van der Waals surface area contributed by atoms with Gasteiger partial charge >= 0.3 is 11.7 Å². The van der Waals surface area contributed by atoms with Crippen molar-refractivity contribution in [1.29, 1.82) is 0 Å². The van der Waals surface area contributed by atoms with Crippen LogP contribution in [0.2, 0.25) is 0 Å². The Balaban J connectivity index is 1.58. The number of allylic oxidation sites excluding steroid dienone is 4. The van der Waals surface area contributed by atoms with Gasteiger partial charge in [0.05, 0.1) is 11.4 Å². The van der Waals surface area contributed by atoms with Crippen molar-refractivity contribution in [3.05, 3.63) is 135 Å². The predicted octanol–water partition coefficient (Wildman–Crippen LogP) is 2.95. The predicted molar refractivity (Wildman–Crippen MR) is 157 cm³/mol. The molecule has 1 aromatic heterocycles. The summed E-state index contributed by atoms with van der Waals surface area (Å²) in [4.78, 5) is 67.0. The molecule has 0 unspecified atom stereocenters. The summed E-state index contributed by atoms with van der Waals surface area (Å²) in [6.07, 6.45) is 5.28. The highest BCUT2D eigenvalue weighted by atomic mass is 16.3. The number of nitrogens with zero attached hydrogens (tertiary/aromatic N) is 2. The van der Waals surface area contributed by atoms with Crippen LogP contribution < -0.4 is 21.5 Å². The summed E-state index contributed by atoms with van der Waals surface area (Å²) < 4.78 is 0.741. The Bertz CT molecular complexity index is 1990. The van der Waals surface area contributed by atoms with E-state index in [2.05, 4.69) is 10.3 Å². The van der Waals surface area contributed by atoms with Crippen molar-refractivity contribution in [3.63, 3.8) is 0 Å². The van der Waals surface area contributed by atoms with Gasteiger partial charge in [0, 0.05) is 12.1 Å². The van der Waals surface area contributed by atoms with Gasteiger partial charge in [-0.2, -0.15) is 0 Å². The molecule has 4 aromatic rings.